The number of carbonyl (C=O) groups excluding carboxylic acids is 1. The summed E-state index contributed by atoms with van der Waals surface area (Å²) in [5.41, 5.74) is 5.63. The van der Waals surface area contributed by atoms with Crippen LogP contribution in [0.4, 0.5) is 4.79 Å². The SMILES string of the molecule is CC(C)(C)OC(=O)N1CC[C@@H](N)[C@@H]1C(C)(C)C. The molecule has 0 aromatic heterocycles. The van der Waals surface area contributed by atoms with Gasteiger partial charge in [0.2, 0.25) is 0 Å². The fourth-order valence-corrected chi connectivity index (χ4v) is 2.45. The van der Waals surface area contributed by atoms with Gasteiger partial charge in [0.1, 0.15) is 5.60 Å². The van der Waals surface area contributed by atoms with Crippen molar-refractivity contribution in [3.8, 4) is 0 Å². The highest BCUT2D eigenvalue weighted by Crippen LogP contribution is 2.33. The van der Waals surface area contributed by atoms with Crippen LogP contribution in [0.5, 0.6) is 0 Å². The van der Waals surface area contributed by atoms with Crippen molar-refractivity contribution in [3.63, 3.8) is 0 Å². The molecule has 17 heavy (non-hydrogen) atoms. The predicted octanol–water partition coefficient (Wildman–Crippen LogP) is 2.37. The fraction of sp³-hybridized carbons (Fsp3) is 0.923. The molecule has 1 amide bonds. The zero-order valence-corrected chi connectivity index (χ0v) is 11.9. The smallest absolute Gasteiger partial charge is 0.410 e. The Labute approximate surface area is 104 Å². The normalized spacial score (nSPS) is 26.2. The molecule has 1 aliphatic rings. The minimum Gasteiger partial charge on any atom is -0.444 e. The van der Waals surface area contributed by atoms with Crippen LogP contribution >= 0.6 is 0 Å². The summed E-state index contributed by atoms with van der Waals surface area (Å²) in [5.74, 6) is 0. The highest BCUT2D eigenvalue weighted by atomic mass is 16.6. The van der Waals surface area contributed by atoms with Crippen LogP contribution in [-0.2, 0) is 4.74 Å². The summed E-state index contributed by atoms with van der Waals surface area (Å²) >= 11 is 0. The Morgan fingerprint density at radius 3 is 2.18 bits per heavy atom. The Kier molecular flexibility index (Phi) is 3.77. The van der Waals surface area contributed by atoms with Gasteiger partial charge >= 0.3 is 6.09 Å². The van der Waals surface area contributed by atoms with Gasteiger partial charge in [-0.2, -0.15) is 0 Å². The van der Waals surface area contributed by atoms with E-state index in [2.05, 4.69) is 20.8 Å². The third kappa shape index (κ3) is 3.60. The van der Waals surface area contributed by atoms with E-state index in [1.165, 1.54) is 0 Å². The molecule has 0 bridgehead atoms. The first-order valence-corrected chi connectivity index (χ1v) is 6.27. The fourth-order valence-electron chi connectivity index (χ4n) is 2.45. The van der Waals surface area contributed by atoms with Gasteiger partial charge in [-0.3, -0.25) is 0 Å². The van der Waals surface area contributed by atoms with E-state index in [9.17, 15) is 4.79 Å². The number of likely N-dealkylation sites (tertiary alicyclic amines) is 1. The summed E-state index contributed by atoms with van der Waals surface area (Å²) < 4.78 is 5.43. The molecular formula is C13H26N2O2. The first kappa shape index (κ1) is 14.3. The van der Waals surface area contributed by atoms with Gasteiger partial charge < -0.3 is 15.4 Å². The van der Waals surface area contributed by atoms with Gasteiger partial charge in [0.15, 0.2) is 0 Å². The lowest BCUT2D eigenvalue weighted by molar-refractivity contribution is 0.0109. The summed E-state index contributed by atoms with van der Waals surface area (Å²) in [6.07, 6.45) is 0.603. The molecule has 1 aliphatic heterocycles. The number of hydrogen-bond acceptors (Lipinski definition) is 3. The predicted molar refractivity (Wildman–Crippen MR) is 68.8 cm³/mol. The van der Waals surface area contributed by atoms with E-state index in [1.807, 2.05) is 20.8 Å². The second-order valence-electron chi connectivity index (χ2n) is 6.94. The third-order valence-electron chi connectivity index (χ3n) is 2.96. The highest BCUT2D eigenvalue weighted by molar-refractivity contribution is 5.69. The number of nitrogens with zero attached hydrogens (tertiary/aromatic N) is 1. The van der Waals surface area contributed by atoms with Crippen molar-refractivity contribution in [2.45, 2.75) is 65.6 Å². The number of nitrogens with two attached hydrogens (primary N) is 1. The maximum atomic E-state index is 12.1. The number of carbonyl (C=O) groups is 1. The molecule has 1 rings (SSSR count). The summed E-state index contributed by atoms with van der Waals surface area (Å²) in [6, 6.07) is 0.0971. The van der Waals surface area contributed by atoms with Crippen molar-refractivity contribution >= 4 is 6.09 Å². The monoisotopic (exact) mass is 242 g/mol. The van der Waals surface area contributed by atoms with Crippen molar-refractivity contribution in [3.05, 3.63) is 0 Å². The zero-order valence-electron chi connectivity index (χ0n) is 11.9. The maximum Gasteiger partial charge on any atom is 0.410 e. The zero-order chi connectivity index (χ0) is 13.4. The largest absolute Gasteiger partial charge is 0.444 e. The Hall–Kier alpha value is -0.770. The first-order chi connectivity index (χ1) is 7.52. The maximum absolute atomic E-state index is 12.1. The van der Waals surface area contributed by atoms with Crippen LogP contribution in [-0.4, -0.2) is 35.2 Å². The molecule has 4 nitrogen and oxygen atoms in total. The molecule has 2 atom stereocenters. The first-order valence-electron chi connectivity index (χ1n) is 6.27. The van der Waals surface area contributed by atoms with Crippen LogP contribution in [0.3, 0.4) is 0 Å². The van der Waals surface area contributed by atoms with Gasteiger partial charge in [-0.05, 0) is 32.6 Å². The second-order valence-corrected chi connectivity index (χ2v) is 6.94. The molecule has 100 valence electrons. The number of ether oxygens (including phenoxy) is 1. The van der Waals surface area contributed by atoms with Crippen molar-refractivity contribution < 1.29 is 9.53 Å². The molecular weight excluding hydrogens is 216 g/mol. The topological polar surface area (TPSA) is 55.6 Å². The van der Waals surface area contributed by atoms with E-state index < -0.39 is 5.60 Å². The summed E-state index contributed by atoms with van der Waals surface area (Å²) in [6.45, 7) is 12.7. The molecule has 0 aliphatic carbocycles. The molecule has 0 aromatic rings. The quantitative estimate of drug-likeness (QED) is 0.709. The van der Waals surface area contributed by atoms with Crippen LogP contribution in [0.2, 0.25) is 0 Å². The van der Waals surface area contributed by atoms with E-state index in [4.69, 9.17) is 10.5 Å². The molecule has 1 heterocycles. The van der Waals surface area contributed by atoms with Gasteiger partial charge in [-0.25, -0.2) is 4.79 Å². The lowest BCUT2D eigenvalue weighted by Crippen LogP contribution is -2.51. The molecule has 0 unspecified atom stereocenters. The number of hydrogen-bond donors (Lipinski definition) is 1. The Morgan fingerprint density at radius 1 is 1.24 bits per heavy atom. The third-order valence-corrected chi connectivity index (χ3v) is 2.96. The summed E-state index contributed by atoms with van der Waals surface area (Å²) in [5, 5.41) is 0. The highest BCUT2D eigenvalue weighted by Gasteiger charge is 2.43. The van der Waals surface area contributed by atoms with Gasteiger partial charge in [0, 0.05) is 12.6 Å². The van der Waals surface area contributed by atoms with Crippen molar-refractivity contribution in [2.75, 3.05) is 6.54 Å². The molecule has 1 fully saturated rings. The molecule has 2 N–H and O–H groups in total. The number of amides is 1. The van der Waals surface area contributed by atoms with E-state index in [0.717, 1.165) is 6.42 Å². The molecule has 1 saturated heterocycles. The summed E-state index contributed by atoms with van der Waals surface area (Å²) in [7, 11) is 0. The Bertz CT molecular complexity index is 289. The molecule has 4 heteroatoms. The molecule has 0 radical (unpaired) electrons. The van der Waals surface area contributed by atoms with E-state index in [-0.39, 0.29) is 23.6 Å². The average molecular weight is 242 g/mol. The molecule has 0 aromatic carbocycles. The van der Waals surface area contributed by atoms with Crippen molar-refractivity contribution in [1.29, 1.82) is 0 Å². The second kappa shape index (κ2) is 4.48. The van der Waals surface area contributed by atoms with Crippen LogP contribution in [0.25, 0.3) is 0 Å². The lowest BCUT2D eigenvalue weighted by atomic mass is 9.83. The van der Waals surface area contributed by atoms with Crippen molar-refractivity contribution in [1.82, 2.24) is 4.90 Å². The van der Waals surface area contributed by atoms with Crippen LogP contribution < -0.4 is 5.73 Å². The Balaban J connectivity index is 2.80. The molecule has 0 saturated carbocycles. The van der Waals surface area contributed by atoms with E-state index in [0.29, 0.717) is 6.54 Å². The number of rotatable bonds is 0. The van der Waals surface area contributed by atoms with Crippen LogP contribution in [0, 0.1) is 5.41 Å². The van der Waals surface area contributed by atoms with Gasteiger partial charge in [0.25, 0.3) is 0 Å². The van der Waals surface area contributed by atoms with Crippen LogP contribution in [0.15, 0.2) is 0 Å². The van der Waals surface area contributed by atoms with Gasteiger partial charge in [-0.15, -0.1) is 0 Å². The van der Waals surface area contributed by atoms with Crippen LogP contribution in [0.1, 0.15) is 48.0 Å². The van der Waals surface area contributed by atoms with Gasteiger partial charge in [-0.1, -0.05) is 20.8 Å². The van der Waals surface area contributed by atoms with Gasteiger partial charge in [0.05, 0.1) is 6.04 Å². The average Bonchev–Trinajstić information content (AvgIpc) is 2.42. The molecule has 0 spiro atoms. The summed E-state index contributed by atoms with van der Waals surface area (Å²) in [4.78, 5) is 13.9. The standard InChI is InChI=1S/C13H26N2O2/c1-12(2,3)10-9(14)7-8-15(10)11(16)17-13(4,5)6/h9-10H,7-8,14H2,1-6H3/t9-,10-/m1/s1. The lowest BCUT2D eigenvalue weighted by Gasteiger charge is -2.37. The minimum absolute atomic E-state index is 0.0210. The van der Waals surface area contributed by atoms with Crippen molar-refractivity contribution in [2.24, 2.45) is 11.1 Å². The Morgan fingerprint density at radius 2 is 1.76 bits per heavy atom. The minimum atomic E-state index is -0.452. The van der Waals surface area contributed by atoms with E-state index in [1.54, 1.807) is 4.90 Å². The van der Waals surface area contributed by atoms with E-state index >= 15 is 0 Å².